The molecule has 1 unspecified atom stereocenters. The van der Waals surface area contributed by atoms with Crippen LogP contribution in [-0.4, -0.2) is 51.2 Å². The third kappa shape index (κ3) is 3.77. The van der Waals surface area contributed by atoms with Crippen LogP contribution in [0.1, 0.15) is 22.3 Å². The summed E-state index contributed by atoms with van der Waals surface area (Å²) in [5.41, 5.74) is 1.19. The molecule has 1 atom stereocenters. The zero-order valence-corrected chi connectivity index (χ0v) is 16.3. The van der Waals surface area contributed by atoms with Gasteiger partial charge in [-0.15, -0.1) is 0 Å². The van der Waals surface area contributed by atoms with E-state index in [0.29, 0.717) is 21.7 Å². The molecule has 4 rings (SSSR count). The van der Waals surface area contributed by atoms with Crippen molar-refractivity contribution in [3.8, 4) is 22.9 Å². The molecule has 3 aromatic heterocycles. The van der Waals surface area contributed by atoms with Crippen molar-refractivity contribution in [3.63, 3.8) is 0 Å². The van der Waals surface area contributed by atoms with Gasteiger partial charge in [0.1, 0.15) is 12.2 Å². The quantitative estimate of drug-likeness (QED) is 0.657. The van der Waals surface area contributed by atoms with Crippen LogP contribution in [-0.2, 0) is 6.54 Å². The Morgan fingerprint density at radius 3 is 2.65 bits per heavy atom. The zero-order chi connectivity index (χ0) is 22.3. The van der Waals surface area contributed by atoms with Crippen molar-refractivity contribution in [1.82, 2.24) is 19.7 Å². The molecule has 12 heteroatoms. The molecule has 0 fully saturated rings. The number of fused-ring (bicyclic) bond motifs is 1. The van der Waals surface area contributed by atoms with Gasteiger partial charge < -0.3 is 14.6 Å². The molecule has 162 valence electrons. The molecule has 1 amide bonds. The van der Waals surface area contributed by atoms with Crippen LogP contribution in [0, 0.1) is 0 Å². The third-order valence-corrected chi connectivity index (χ3v) is 4.63. The number of pyridine rings is 2. The molecule has 0 bridgehead atoms. The highest BCUT2D eigenvalue weighted by molar-refractivity contribution is 6.10. The highest BCUT2D eigenvalue weighted by Crippen LogP contribution is 2.37. The number of hydrogen-bond donors (Lipinski definition) is 1. The first kappa shape index (κ1) is 20.6. The highest BCUT2D eigenvalue weighted by atomic mass is 19.4. The van der Waals surface area contributed by atoms with E-state index in [-0.39, 0.29) is 22.8 Å². The molecule has 0 spiro atoms. The number of aliphatic hydroxyl groups excluding tert-OH is 1. The lowest BCUT2D eigenvalue weighted by Gasteiger charge is -2.18. The van der Waals surface area contributed by atoms with Gasteiger partial charge in [0.25, 0.3) is 11.8 Å². The van der Waals surface area contributed by atoms with Crippen molar-refractivity contribution in [2.75, 3.05) is 19.1 Å². The first-order chi connectivity index (χ1) is 14.7. The summed E-state index contributed by atoms with van der Waals surface area (Å²) in [7, 11) is 2.91. The first-order valence-electron chi connectivity index (χ1n) is 8.92. The number of hydrogen-bond acceptors (Lipinski definition) is 7. The minimum Gasteiger partial charge on any atom is -0.491 e. The summed E-state index contributed by atoms with van der Waals surface area (Å²) in [5.74, 6) is 0.0563. The van der Waals surface area contributed by atoms with Gasteiger partial charge in [-0.05, 0) is 18.2 Å². The Balaban J connectivity index is 1.66. The number of carbonyl (C=O) groups excluding carboxylic acids is 1. The van der Waals surface area contributed by atoms with Crippen molar-refractivity contribution in [1.29, 1.82) is 0 Å². The monoisotopic (exact) mass is 435 g/mol. The van der Waals surface area contributed by atoms with Crippen molar-refractivity contribution < 1.29 is 32.5 Å². The Morgan fingerprint density at radius 1 is 1.19 bits per heavy atom. The van der Waals surface area contributed by atoms with Gasteiger partial charge in [0.15, 0.2) is 12.0 Å². The maximum atomic E-state index is 12.8. The van der Waals surface area contributed by atoms with E-state index in [0.717, 1.165) is 17.3 Å². The van der Waals surface area contributed by atoms with Gasteiger partial charge in [-0.2, -0.15) is 18.3 Å². The Morgan fingerprint density at radius 2 is 1.97 bits per heavy atom. The topological polar surface area (TPSA) is 103 Å². The molecule has 0 aliphatic carbocycles. The number of halogens is 3. The van der Waals surface area contributed by atoms with E-state index < -0.39 is 24.9 Å². The minimum absolute atomic E-state index is 0.0223. The van der Waals surface area contributed by atoms with E-state index in [2.05, 4.69) is 15.1 Å². The number of alkyl halides is 3. The van der Waals surface area contributed by atoms with Crippen LogP contribution < -0.4 is 14.4 Å². The second-order valence-electron chi connectivity index (χ2n) is 6.62. The number of aromatic nitrogens is 4. The van der Waals surface area contributed by atoms with Crippen LogP contribution >= 0.6 is 0 Å². The number of anilines is 1. The second-order valence-corrected chi connectivity index (χ2v) is 6.62. The molecule has 4 heterocycles. The summed E-state index contributed by atoms with van der Waals surface area (Å²) >= 11 is 0. The molecule has 0 saturated carbocycles. The van der Waals surface area contributed by atoms with Crippen molar-refractivity contribution in [3.05, 3.63) is 48.0 Å². The van der Waals surface area contributed by atoms with Crippen molar-refractivity contribution >= 4 is 11.6 Å². The predicted octanol–water partition coefficient (Wildman–Crippen LogP) is 2.57. The molecule has 0 radical (unpaired) electrons. The molecule has 3 aromatic rings. The van der Waals surface area contributed by atoms with Gasteiger partial charge in [0.2, 0.25) is 0 Å². The molecule has 9 nitrogen and oxygen atoms in total. The van der Waals surface area contributed by atoms with Gasteiger partial charge in [0, 0.05) is 18.0 Å². The molecule has 0 aromatic carbocycles. The smallest absolute Gasteiger partial charge is 0.408 e. The molecular weight excluding hydrogens is 419 g/mol. The summed E-state index contributed by atoms with van der Waals surface area (Å²) in [5, 5.41) is 14.3. The second kappa shape index (κ2) is 7.54. The Bertz CT molecular complexity index is 1150. The predicted molar refractivity (Wildman–Crippen MR) is 101 cm³/mol. The maximum Gasteiger partial charge on any atom is 0.408 e. The number of methoxy groups -OCH3 is 2. The van der Waals surface area contributed by atoms with E-state index in [1.54, 1.807) is 12.1 Å². The molecule has 1 N–H and O–H groups in total. The average molecular weight is 435 g/mol. The molecule has 0 saturated heterocycles. The summed E-state index contributed by atoms with van der Waals surface area (Å²) in [4.78, 5) is 22.2. The van der Waals surface area contributed by atoms with Gasteiger partial charge in [-0.1, -0.05) is 0 Å². The van der Waals surface area contributed by atoms with Crippen LogP contribution in [0.2, 0.25) is 0 Å². The van der Waals surface area contributed by atoms with Crippen LogP contribution in [0.4, 0.5) is 18.9 Å². The number of amides is 1. The van der Waals surface area contributed by atoms with E-state index >= 15 is 0 Å². The zero-order valence-electron chi connectivity index (χ0n) is 16.3. The Kier molecular flexibility index (Phi) is 5.01. The molecule has 31 heavy (non-hydrogen) atoms. The number of ether oxygens (including phenoxy) is 2. The van der Waals surface area contributed by atoms with Crippen molar-refractivity contribution in [2.45, 2.75) is 18.9 Å². The van der Waals surface area contributed by atoms with Crippen LogP contribution in [0.5, 0.6) is 11.6 Å². The number of nitrogens with zero attached hydrogens (tertiary/aromatic N) is 5. The van der Waals surface area contributed by atoms with Crippen molar-refractivity contribution in [2.24, 2.45) is 0 Å². The summed E-state index contributed by atoms with van der Waals surface area (Å²) in [6.45, 7) is -1.31. The van der Waals surface area contributed by atoms with E-state index in [1.165, 1.54) is 26.5 Å². The Hall–Kier alpha value is -3.67. The van der Waals surface area contributed by atoms with Crippen LogP contribution in [0.15, 0.2) is 36.8 Å². The van der Waals surface area contributed by atoms with E-state index in [4.69, 9.17) is 9.47 Å². The minimum atomic E-state index is -4.47. The summed E-state index contributed by atoms with van der Waals surface area (Å²) < 4.78 is 48.7. The number of aliphatic hydroxyl groups is 1. The van der Waals surface area contributed by atoms with Gasteiger partial charge in [-0.25, -0.2) is 9.97 Å². The largest absolute Gasteiger partial charge is 0.491 e. The van der Waals surface area contributed by atoms with Gasteiger partial charge in [-0.3, -0.25) is 14.4 Å². The summed E-state index contributed by atoms with van der Waals surface area (Å²) in [6.07, 6.45) is -2.33. The normalized spacial score (nSPS) is 15.9. The fourth-order valence-electron chi connectivity index (χ4n) is 3.25. The van der Waals surface area contributed by atoms with Gasteiger partial charge in [0.05, 0.1) is 37.4 Å². The van der Waals surface area contributed by atoms with Crippen LogP contribution in [0.25, 0.3) is 11.3 Å². The average Bonchev–Trinajstić information content (AvgIpc) is 3.27. The standard InChI is InChI=1S/C19H16F3N5O4/c1-30-14-5-10(6-23-16(14)31-2)13-4-3-12-15(25-13)18(29)27(17(12)28)11-7-24-26(8-11)9-19(20,21)22/h3-8,18,29H,9H2,1-2H3. The van der Waals surface area contributed by atoms with E-state index in [9.17, 15) is 23.1 Å². The Labute approximate surface area is 173 Å². The molecule has 1 aliphatic heterocycles. The van der Waals surface area contributed by atoms with E-state index in [1.807, 2.05) is 0 Å². The number of carbonyl (C=O) groups is 1. The first-order valence-corrected chi connectivity index (χ1v) is 8.92. The van der Waals surface area contributed by atoms with Gasteiger partial charge >= 0.3 is 6.18 Å². The van der Waals surface area contributed by atoms with Crippen LogP contribution in [0.3, 0.4) is 0 Å². The lowest BCUT2D eigenvalue weighted by Crippen LogP contribution is -2.27. The third-order valence-electron chi connectivity index (χ3n) is 4.63. The maximum absolute atomic E-state index is 12.8. The summed E-state index contributed by atoms with van der Waals surface area (Å²) in [6, 6.07) is 4.70. The highest BCUT2D eigenvalue weighted by Gasteiger charge is 2.39. The molecular formula is C19H16F3N5O4. The SMILES string of the molecule is COc1cc(-c2ccc3c(n2)C(O)N(c2cnn(CC(F)(F)F)c2)C3=O)cnc1OC. The number of rotatable bonds is 5. The molecule has 1 aliphatic rings. The fraction of sp³-hybridized carbons (Fsp3) is 0.263. The fourth-order valence-corrected chi connectivity index (χ4v) is 3.25. The lowest BCUT2D eigenvalue weighted by atomic mass is 10.1. The lowest BCUT2D eigenvalue weighted by molar-refractivity contribution is -0.142.